The van der Waals surface area contributed by atoms with Crippen molar-refractivity contribution in [3.63, 3.8) is 0 Å². The summed E-state index contributed by atoms with van der Waals surface area (Å²) in [7, 11) is 0. The van der Waals surface area contributed by atoms with E-state index in [1.807, 2.05) is 25.6 Å². The number of thioether (sulfide) groups is 1. The van der Waals surface area contributed by atoms with Crippen LogP contribution in [0.4, 0.5) is 10.7 Å². The highest BCUT2D eigenvalue weighted by molar-refractivity contribution is 8.00. The molecule has 21 atom stereocenters. The lowest BCUT2D eigenvalue weighted by Gasteiger charge is -2.65. The Morgan fingerprint density at radius 1 is 0.510 bits per heavy atom. The molecule has 8 aliphatic carbocycles. The molecular weight excluding hydrogens is 1900 g/mol. The number of unbranched alkanes of at least 4 members (excludes halogenated alkanes) is 7. The molecule has 802 valence electrons. The number of hydrogen-bond donors (Lipinski definition) is 12. The minimum Gasteiger partial charge on any atom is -0.463 e. The van der Waals surface area contributed by atoms with Gasteiger partial charge in [0.15, 0.2) is 12.3 Å². The Hall–Kier alpha value is -9.55. The fraction of sp³-hybridized carbons (Fsp3) is 0.767. The SMILES string of the molecule is C[C@]12CC[C@H](OCC(=O)NCCCCCC(=O)NCCOCCOCCOCCOCC#CCOc3nc(N)nc4nc[nH]c34)C[C@H]1CC[C@@H]1[C@H]2C[C@@H](O)[C@]2(C)[C@@H](C3=CC(=O)OC3)CC[C@]12O.C[C@]12CC[C@H](OCC(=O)NCCCCCC(=O)ON3C(=O)CCC3=O)C[C@H]1CC[C@@H]1[C@H]2C[C@@H](O)[C@]2(C)[C@@H](C3=CC(=O)OC3)CC[C@]12O.O=C(CCCC[C@@H]1SC[C@@H]2NC(=O)N[C@@H]21)NCCCCCC(=O)ON1C(=O)CCC1=O. The van der Waals surface area contributed by atoms with Crippen LogP contribution in [0.15, 0.2) is 29.6 Å². The van der Waals surface area contributed by atoms with E-state index in [0.717, 1.165) is 145 Å². The predicted octanol–water partition coefficient (Wildman–Crippen LogP) is 6.67. The van der Waals surface area contributed by atoms with E-state index in [1.165, 1.54) is 6.33 Å². The number of nitrogens with zero attached hydrogens (tertiary/aromatic N) is 5. The number of aliphatic hydroxyl groups is 4. The second-order valence-corrected chi connectivity index (χ2v) is 43.7. The number of carbonyl (C=O) groups excluding carboxylic acids is 13. The Bertz CT molecular complexity index is 4980. The number of aliphatic hydroxyl groups excluding tert-OH is 2. The number of imidazole rings is 1. The zero-order chi connectivity index (χ0) is 103. The van der Waals surface area contributed by atoms with E-state index >= 15 is 0 Å². The van der Waals surface area contributed by atoms with Crippen molar-refractivity contribution >= 4 is 106 Å². The number of urea groups is 1. The van der Waals surface area contributed by atoms with Gasteiger partial charge in [-0.15, -0.1) is 10.1 Å². The molecule has 145 heavy (non-hydrogen) atoms. The molecule has 41 nitrogen and oxygen atoms in total. The number of hydrogen-bond acceptors (Lipinski definition) is 33. The van der Waals surface area contributed by atoms with Crippen LogP contribution in [0.3, 0.4) is 0 Å². The quantitative estimate of drug-likeness (QED) is 0.0108. The molecule has 4 saturated heterocycles. The van der Waals surface area contributed by atoms with Crippen molar-refractivity contribution in [1.29, 1.82) is 0 Å². The first kappa shape index (κ1) is 111. The van der Waals surface area contributed by atoms with Gasteiger partial charge in [-0.3, -0.25) is 38.4 Å². The van der Waals surface area contributed by atoms with E-state index < -0.39 is 69.8 Å². The topological polar surface area (TPSA) is 564 Å². The normalized spacial score (nSPS) is 31.9. The highest BCUT2D eigenvalue weighted by atomic mass is 32.2. The highest BCUT2D eigenvalue weighted by Gasteiger charge is 2.73. The molecule has 0 spiro atoms. The number of nitrogens with two attached hydrogens (primary N) is 1. The summed E-state index contributed by atoms with van der Waals surface area (Å²) in [5.41, 5.74) is 5.00. The molecule has 0 aromatic carbocycles. The molecule has 8 saturated carbocycles. The second kappa shape index (κ2) is 51.6. The molecule has 42 heteroatoms. The second-order valence-electron chi connectivity index (χ2n) is 42.5. The van der Waals surface area contributed by atoms with Gasteiger partial charge in [-0.05, 0) is 223 Å². The van der Waals surface area contributed by atoms with Crippen molar-refractivity contribution in [1.82, 2.24) is 62.0 Å². The molecule has 16 rings (SSSR count). The Morgan fingerprint density at radius 3 is 1.46 bits per heavy atom. The number of anilines is 1. The van der Waals surface area contributed by atoms with Gasteiger partial charge in [0.1, 0.15) is 38.6 Å². The van der Waals surface area contributed by atoms with Crippen LogP contribution in [0.25, 0.3) is 11.2 Å². The molecular formula is C103H151N13O28S. The largest absolute Gasteiger partial charge is 0.463 e. The summed E-state index contributed by atoms with van der Waals surface area (Å²) in [5.74, 6) is 4.15. The zero-order valence-electron chi connectivity index (χ0n) is 84.4. The fourth-order valence-corrected chi connectivity index (χ4v) is 27.7. The first-order valence-corrected chi connectivity index (χ1v) is 53.8. The molecule has 13 N–H and O–H groups in total. The van der Waals surface area contributed by atoms with Crippen molar-refractivity contribution in [2.24, 2.45) is 69.0 Å². The van der Waals surface area contributed by atoms with Crippen LogP contribution in [-0.4, -0.2) is 298 Å². The number of ether oxygens (including phenoxy) is 9. The number of carbonyl (C=O) groups is 13. The summed E-state index contributed by atoms with van der Waals surface area (Å²) >= 11 is 1.88. The molecule has 8 heterocycles. The molecule has 14 aliphatic rings. The van der Waals surface area contributed by atoms with Crippen LogP contribution in [0.1, 0.15) is 259 Å². The Kier molecular flexibility index (Phi) is 39.5. The lowest BCUT2D eigenvalue weighted by Crippen LogP contribution is -2.67. The number of amides is 10. The maximum Gasteiger partial charge on any atom is 0.333 e. The van der Waals surface area contributed by atoms with Crippen LogP contribution in [0, 0.1) is 80.8 Å². The first-order chi connectivity index (χ1) is 69.7. The minimum absolute atomic E-state index is 0.00622. The average molecular weight is 2050 g/mol. The number of esters is 2. The molecule has 0 radical (unpaired) electrons. The Morgan fingerprint density at radius 2 is 0.966 bits per heavy atom. The average Bonchev–Trinajstić information content (AvgIpc) is 1.55. The maximum atomic E-state index is 12.7. The van der Waals surface area contributed by atoms with E-state index in [9.17, 15) is 82.8 Å². The molecule has 0 bridgehead atoms. The summed E-state index contributed by atoms with van der Waals surface area (Å²) in [4.78, 5) is 179. The third kappa shape index (κ3) is 27.2. The van der Waals surface area contributed by atoms with Gasteiger partial charge in [0.2, 0.25) is 35.5 Å². The van der Waals surface area contributed by atoms with Gasteiger partial charge >= 0.3 is 29.9 Å². The van der Waals surface area contributed by atoms with E-state index in [4.69, 9.17) is 58.0 Å². The molecule has 10 amide bonds. The summed E-state index contributed by atoms with van der Waals surface area (Å²) in [5, 5.41) is 67.5. The van der Waals surface area contributed by atoms with Crippen molar-refractivity contribution in [2.45, 2.75) is 312 Å². The summed E-state index contributed by atoms with van der Waals surface area (Å²) in [6.45, 7) is 14.5. The molecule has 2 aromatic rings. The number of H-pyrrole nitrogens is 1. The highest BCUT2D eigenvalue weighted by Crippen LogP contribution is 2.72. The van der Waals surface area contributed by atoms with Gasteiger partial charge in [-0.25, -0.2) is 29.0 Å². The summed E-state index contributed by atoms with van der Waals surface area (Å²) < 4.78 is 50.2. The molecule has 0 unspecified atom stereocenters. The number of aromatic nitrogens is 4. The van der Waals surface area contributed by atoms with Crippen LogP contribution in [0.2, 0.25) is 0 Å². The number of nitrogen functional groups attached to an aromatic ring is 1. The molecule has 2 aromatic heterocycles. The van der Waals surface area contributed by atoms with E-state index in [2.05, 4.69) is 77.5 Å². The standard InChI is InChI=1S/C48H71N7O12.C35H50N2O10.C20H30N4O6S/c1-46-13-11-34(27-33(46)9-10-36-37(46)28-38(56)47(2)35(12-14-48(36,47)60)32-26-41(59)67-29-32)66-30-40(58)50-15-5-3-4-8-39(57)51-16-19-62-21-23-64-25-24-63-22-20-61-17-6-7-18-65-44-42-43(53-31-52-42)54-45(49)55-44;1-33-13-11-23(45-20-28(39)36-15-5-3-4-6-31(42)47-37-29(40)9-10-30(37)41)17-22(33)7-8-25-26(33)18-27(38)34(2)24(12-14-35(25,34)44)21-16-32(43)46-19-21;25-15(7-4-3-6-14-19-13(12-31-14)22-20(29)23-19)21-11-5-1-2-8-18(28)30-24-16(26)9-10-17(24)27/h26,31,33-38,56,60H,3-5,8-25,27-30H2,1-2H3,(H,50,58)(H,51,57)(H3,49,52,53,54,55);16,22-27,38,44H,3-15,17-20H2,1-2H3,(H,36,39);13-14,19H,1-12H2,(H,21,25)(H2,22,23,29)/t33-,34+,35-,36-,37-,38-,46+,47+,48+;22-,23+,24-,25-,26-,27-,33+,34+,35+;13-,14-,19-/m110/s1. The first-order valence-electron chi connectivity index (χ1n) is 52.8. The molecule has 12 fully saturated rings. The van der Waals surface area contributed by atoms with Crippen LogP contribution in [-0.2, 0) is 105 Å². The van der Waals surface area contributed by atoms with E-state index in [0.29, 0.717) is 181 Å². The van der Waals surface area contributed by atoms with E-state index in [-0.39, 0.29) is 196 Å². The van der Waals surface area contributed by atoms with Crippen molar-refractivity contribution < 1.29 is 135 Å². The maximum absolute atomic E-state index is 12.7. The Balaban J connectivity index is 0.000000185. The van der Waals surface area contributed by atoms with Crippen molar-refractivity contribution in [3.05, 3.63) is 29.6 Å². The number of hydroxylamine groups is 4. The van der Waals surface area contributed by atoms with Gasteiger partial charge in [0.25, 0.3) is 23.6 Å². The minimum atomic E-state index is -0.996. The predicted molar refractivity (Wildman–Crippen MR) is 522 cm³/mol. The van der Waals surface area contributed by atoms with Gasteiger partial charge in [0, 0.05) is 112 Å². The van der Waals surface area contributed by atoms with E-state index in [1.54, 1.807) is 12.2 Å². The van der Waals surface area contributed by atoms with Crippen molar-refractivity contribution in [2.75, 3.05) is 124 Å². The van der Waals surface area contributed by atoms with Crippen LogP contribution < -0.4 is 42.4 Å². The lowest BCUT2D eigenvalue weighted by atomic mass is 9.42. The van der Waals surface area contributed by atoms with Gasteiger partial charge in [0.05, 0.1) is 100 Å². The number of fused-ring (bicyclic) bond motifs is 12. The third-order valence-corrected chi connectivity index (χ3v) is 35.6. The third-order valence-electron chi connectivity index (χ3n) is 34.1. The fourth-order valence-electron chi connectivity index (χ4n) is 26.1. The van der Waals surface area contributed by atoms with Gasteiger partial charge in [-0.1, -0.05) is 65.2 Å². The summed E-state index contributed by atoms with van der Waals surface area (Å²) in [6, 6.07) is 0.367. The zero-order valence-corrected chi connectivity index (χ0v) is 85.2. The van der Waals surface area contributed by atoms with Gasteiger partial charge in [-0.2, -0.15) is 21.7 Å². The van der Waals surface area contributed by atoms with Crippen LogP contribution in [0.5, 0.6) is 5.88 Å². The number of aromatic amines is 1. The number of cyclic esters (lactones) is 2. The van der Waals surface area contributed by atoms with Crippen LogP contribution >= 0.6 is 11.8 Å². The number of imide groups is 2. The monoisotopic (exact) mass is 2050 g/mol. The molecule has 6 aliphatic heterocycles. The summed E-state index contributed by atoms with van der Waals surface area (Å²) in [6.07, 6.45) is 26.8. The smallest absolute Gasteiger partial charge is 0.333 e. The number of rotatable bonds is 48. The van der Waals surface area contributed by atoms with Crippen molar-refractivity contribution in [3.8, 4) is 17.7 Å². The Labute approximate surface area is 850 Å². The lowest BCUT2D eigenvalue weighted by molar-refractivity contribution is -0.245. The van der Waals surface area contributed by atoms with Gasteiger partial charge < -0.3 is 115 Å². The number of nitrogens with one attached hydrogen (secondary N) is 7.